The largest absolute Gasteiger partial charge is 0.388 e. The van der Waals surface area contributed by atoms with Crippen molar-refractivity contribution in [2.24, 2.45) is 5.41 Å². The second-order valence-corrected chi connectivity index (χ2v) is 5.29. The summed E-state index contributed by atoms with van der Waals surface area (Å²) in [6.45, 7) is 3.99. The number of rotatable bonds is 2. The Morgan fingerprint density at radius 1 is 1.31 bits per heavy atom. The first-order valence-corrected chi connectivity index (χ1v) is 5.97. The van der Waals surface area contributed by atoms with E-state index in [-0.39, 0.29) is 11.2 Å². The molecule has 16 heavy (non-hydrogen) atoms. The summed E-state index contributed by atoms with van der Waals surface area (Å²) in [7, 11) is 0. The van der Waals surface area contributed by atoms with Gasteiger partial charge in [-0.2, -0.15) is 0 Å². The maximum Gasteiger partial charge on any atom is 0.129 e. The summed E-state index contributed by atoms with van der Waals surface area (Å²) in [6, 6.07) is 4.96. The van der Waals surface area contributed by atoms with Gasteiger partial charge in [-0.25, -0.2) is 4.39 Å². The normalized spacial score (nSPS) is 21.0. The van der Waals surface area contributed by atoms with Crippen molar-refractivity contribution >= 4 is 0 Å². The predicted molar refractivity (Wildman–Crippen MR) is 62.7 cm³/mol. The van der Waals surface area contributed by atoms with Crippen LogP contribution in [0, 0.1) is 18.2 Å². The SMILES string of the molecule is Cc1ccc(F)c(C(O)C2(C)CCCC2)c1. The van der Waals surface area contributed by atoms with E-state index < -0.39 is 6.10 Å². The van der Waals surface area contributed by atoms with E-state index in [1.54, 1.807) is 12.1 Å². The third-order valence-electron chi connectivity index (χ3n) is 3.85. The quantitative estimate of drug-likeness (QED) is 0.808. The summed E-state index contributed by atoms with van der Waals surface area (Å²) in [5.41, 5.74) is 1.32. The maximum absolute atomic E-state index is 13.7. The molecule has 1 aromatic carbocycles. The van der Waals surface area contributed by atoms with Crippen LogP contribution in [0.5, 0.6) is 0 Å². The van der Waals surface area contributed by atoms with Crippen molar-refractivity contribution in [3.05, 3.63) is 35.1 Å². The number of aliphatic hydroxyl groups excluding tert-OH is 1. The molecule has 1 saturated carbocycles. The average molecular weight is 222 g/mol. The van der Waals surface area contributed by atoms with Gasteiger partial charge in [0.25, 0.3) is 0 Å². The van der Waals surface area contributed by atoms with Crippen molar-refractivity contribution < 1.29 is 9.50 Å². The second kappa shape index (κ2) is 4.17. The number of hydrogen-bond donors (Lipinski definition) is 1. The van der Waals surface area contributed by atoms with Crippen LogP contribution in [0.2, 0.25) is 0 Å². The molecule has 0 aliphatic heterocycles. The van der Waals surface area contributed by atoms with Gasteiger partial charge in [-0.1, -0.05) is 37.5 Å². The van der Waals surface area contributed by atoms with E-state index in [4.69, 9.17) is 0 Å². The monoisotopic (exact) mass is 222 g/mol. The average Bonchev–Trinajstić information content (AvgIpc) is 2.69. The van der Waals surface area contributed by atoms with Crippen molar-refractivity contribution in [1.29, 1.82) is 0 Å². The number of aliphatic hydroxyl groups is 1. The third kappa shape index (κ3) is 1.99. The first-order chi connectivity index (χ1) is 7.53. The molecule has 1 aromatic rings. The molecule has 0 bridgehead atoms. The van der Waals surface area contributed by atoms with Gasteiger partial charge >= 0.3 is 0 Å². The van der Waals surface area contributed by atoms with Gasteiger partial charge in [0.05, 0.1) is 6.10 Å². The molecule has 1 fully saturated rings. The number of aryl methyl sites for hydroxylation is 1. The van der Waals surface area contributed by atoms with Gasteiger partial charge < -0.3 is 5.11 Å². The lowest BCUT2D eigenvalue weighted by atomic mass is 9.79. The van der Waals surface area contributed by atoms with Gasteiger partial charge in [-0.3, -0.25) is 0 Å². The number of hydrogen-bond acceptors (Lipinski definition) is 1. The van der Waals surface area contributed by atoms with E-state index in [2.05, 4.69) is 6.92 Å². The molecule has 1 aliphatic rings. The number of benzene rings is 1. The summed E-state index contributed by atoms with van der Waals surface area (Å²) >= 11 is 0. The molecule has 88 valence electrons. The highest BCUT2D eigenvalue weighted by molar-refractivity contribution is 5.27. The minimum absolute atomic E-state index is 0.144. The minimum atomic E-state index is -0.671. The molecule has 0 radical (unpaired) electrons. The molecule has 0 heterocycles. The van der Waals surface area contributed by atoms with E-state index in [0.717, 1.165) is 31.2 Å². The fourth-order valence-corrected chi connectivity index (χ4v) is 2.70. The summed E-state index contributed by atoms with van der Waals surface area (Å²) < 4.78 is 13.7. The smallest absolute Gasteiger partial charge is 0.129 e. The van der Waals surface area contributed by atoms with E-state index >= 15 is 0 Å². The lowest BCUT2D eigenvalue weighted by Crippen LogP contribution is -2.23. The van der Waals surface area contributed by atoms with Crippen LogP contribution in [0.25, 0.3) is 0 Å². The number of halogens is 1. The zero-order chi connectivity index (χ0) is 11.8. The standard InChI is InChI=1S/C14H19FO/c1-10-5-6-12(15)11(9-10)13(16)14(2)7-3-4-8-14/h5-6,9,13,16H,3-4,7-8H2,1-2H3. The molecule has 1 nitrogen and oxygen atoms in total. The van der Waals surface area contributed by atoms with E-state index in [1.165, 1.54) is 6.07 Å². The van der Waals surface area contributed by atoms with Crippen LogP contribution in [0.15, 0.2) is 18.2 Å². The molecular formula is C14H19FO. The van der Waals surface area contributed by atoms with Crippen LogP contribution in [0.4, 0.5) is 4.39 Å². The van der Waals surface area contributed by atoms with Crippen LogP contribution < -0.4 is 0 Å². The third-order valence-corrected chi connectivity index (χ3v) is 3.85. The first kappa shape index (κ1) is 11.6. The summed E-state index contributed by atoms with van der Waals surface area (Å²) in [6.07, 6.45) is 3.58. The lowest BCUT2D eigenvalue weighted by Gasteiger charge is -2.30. The van der Waals surface area contributed by atoms with Gasteiger partial charge in [0.2, 0.25) is 0 Å². The van der Waals surface area contributed by atoms with E-state index in [0.29, 0.717) is 5.56 Å². The Bertz CT molecular complexity index is 380. The van der Waals surface area contributed by atoms with Crippen LogP contribution in [-0.4, -0.2) is 5.11 Å². The minimum Gasteiger partial charge on any atom is -0.388 e. The maximum atomic E-state index is 13.7. The molecule has 0 aromatic heterocycles. The fourth-order valence-electron chi connectivity index (χ4n) is 2.70. The van der Waals surface area contributed by atoms with Gasteiger partial charge in [0.1, 0.15) is 5.82 Å². The summed E-state index contributed by atoms with van der Waals surface area (Å²) in [5, 5.41) is 10.3. The van der Waals surface area contributed by atoms with Crippen molar-refractivity contribution in [2.45, 2.75) is 45.6 Å². The summed E-state index contributed by atoms with van der Waals surface area (Å²) in [4.78, 5) is 0. The summed E-state index contributed by atoms with van der Waals surface area (Å²) in [5.74, 6) is -0.286. The van der Waals surface area contributed by atoms with Crippen molar-refractivity contribution in [3.8, 4) is 0 Å². The van der Waals surface area contributed by atoms with Crippen LogP contribution in [0.3, 0.4) is 0 Å². The van der Waals surface area contributed by atoms with Crippen LogP contribution in [-0.2, 0) is 0 Å². The van der Waals surface area contributed by atoms with Gasteiger partial charge in [0.15, 0.2) is 0 Å². The molecule has 1 unspecified atom stereocenters. The second-order valence-electron chi connectivity index (χ2n) is 5.29. The van der Waals surface area contributed by atoms with Crippen molar-refractivity contribution in [3.63, 3.8) is 0 Å². The van der Waals surface area contributed by atoms with Gasteiger partial charge in [0, 0.05) is 5.56 Å². The van der Waals surface area contributed by atoms with Crippen molar-refractivity contribution in [1.82, 2.24) is 0 Å². The molecule has 1 atom stereocenters. The van der Waals surface area contributed by atoms with E-state index in [1.807, 2.05) is 6.92 Å². The molecule has 0 spiro atoms. The van der Waals surface area contributed by atoms with Gasteiger partial charge in [-0.15, -0.1) is 0 Å². The Morgan fingerprint density at radius 3 is 2.56 bits per heavy atom. The topological polar surface area (TPSA) is 20.2 Å². The fraction of sp³-hybridized carbons (Fsp3) is 0.571. The van der Waals surface area contributed by atoms with Crippen molar-refractivity contribution in [2.75, 3.05) is 0 Å². The molecule has 2 rings (SSSR count). The van der Waals surface area contributed by atoms with Crippen LogP contribution >= 0.6 is 0 Å². The Hall–Kier alpha value is -0.890. The van der Waals surface area contributed by atoms with E-state index in [9.17, 15) is 9.50 Å². The Kier molecular flexibility index (Phi) is 3.02. The molecule has 1 N–H and O–H groups in total. The zero-order valence-electron chi connectivity index (χ0n) is 9.96. The highest BCUT2D eigenvalue weighted by atomic mass is 19.1. The molecule has 1 aliphatic carbocycles. The Labute approximate surface area is 96.3 Å². The molecule has 0 amide bonds. The highest BCUT2D eigenvalue weighted by Gasteiger charge is 2.37. The predicted octanol–water partition coefficient (Wildman–Crippen LogP) is 3.75. The Morgan fingerprint density at radius 2 is 1.94 bits per heavy atom. The first-order valence-electron chi connectivity index (χ1n) is 5.97. The van der Waals surface area contributed by atoms with Gasteiger partial charge in [-0.05, 0) is 31.2 Å². The Balaban J connectivity index is 2.32. The van der Waals surface area contributed by atoms with Crippen LogP contribution in [0.1, 0.15) is 49.8 Å². The lowest BCUT2D eigenvalue weighted by molar-refractivity contribution is 0.0379. The molecule has 0 saturated heterocycles. The molecular weight excluding hydrogens is 203 g/mol. The molecule has 2 heteroatoms. The zero-order valence-corrected chi connectivity index (χ0v) is 9.96. The highest BCUT2D eigenvalue weighted by Crippen LogP contribution is 2.47.